The van der Waals surface area contributed by atoms with Crippen LogP contribution in [0.5, 0.6) is 11.5 Å². The topological polar surface area (TPSA) is 88.6 Å². The summed E-state index contributed by atoms with van der Waals surface area (Å²) >= 11 is 6.68. The lowest BCUT2D eigenvalue weighted by atomic mass is 9.89. The fraction of sp³-hybridized carbons (Fsp3) is 0.323. The summed E-state index contributed by atoms with van der Waals surface area (Å²) in [4.78, 5) is 23.2. The van der Waals surface area contributed by atoms with Crippen LogP contribution in [0.15, 0.2) is 48.8 Å². The van der Waals surface area contributed by atoms with E-state index in [0.29, 0.717) is 40.4 Å². The molecule has 0 spiro atoms. The van der Waals surface area contributed by atoms with E-state index in [0.717, 1.165) is 65.8 Å². The van der Waals surface area contributed by atoms with Crippen LogP contribution < -0.4 is 20.1 Å². The Bertz CT molecular complexity index is 1510. The number of likely N-dealkylation sites (tertiary alicyclic amines) is 1. The predicted molar refractivity (Wildman–Crippen MR) is 161 cm³/mol. The number of methoxy groups -OCH3 is 2. The molecule has 2 N–H and O–H groups in total. The molecule has 0 bridgehead atoms. The molecule has 0 radical (unpaired) electrons. The highest BCUT2D eigenvalue weighted by atomic mass is 35.5. The average molecular weight is 560 g/mol. The summed E-state index contributed by atoms with van der Waals surface area (Å²) in [6.07, 6.45) is 6.55. The number of aromatic nitrogens is 2. The van der Waals surface area contributed by atoms with E-state index in [1.807, 2.05) is 25.1 Å². The van der Waals surface area contributed by atoms with E-state index in [-0.39, 0.29) is 0 Å². The molecule has 1 saturated heterocycles. The van der Waals surface area contributed by atoms with Gasteiger partial charge < -0.3 is 25.0 Å². The summed E-state index contributed by atoms with van der Waals surface area (Å²) < 4.78 is 11.0. The monoisotopic (exact) mass is 559 g/mol. The van der Waals surface area contributed by atoms with Crippen LogP contribution in [0, 0.1) is 6.92 Å². The Morgan fingerprint density at radius 1 is 1.00 bits per heavy atom. The van der Waals surface area contributed by atoms with Gasteiger partial charge in [-0.25, -0.2) is 4.98 Å². The highest BCUT2D eigenvalue weighted by molar-refractivity contribution is 6.35. The number of pyridine rings is 2. The highest BCUT2D eigenvalue weighted by Gasteiger charge is 2.21. The number of anilines is 3. The van der Waals surface area contributed by atoms with E-state index in [1.165, 1.54) is 5.56 Å². The summed E-state index contributed by atoms with van der Waals surface area (Å²) in [5.74, 6) is 2.34. The molecule has 1 amide bonds. The number of hydrogen-bond donors (Lipinski definition) is 2. The highest BCUT2D eigenvalue weighted by Crippen LogP contribution is 2.42. The number of ether oxygens (including phenoxy) is 2. The van der Waals surface area contributed by atoms with Crippen LogP contribution in [-0.2, 0) is 4.79 Å². The maximum absolute atomic E-state index is 11.4. The number of halogens is 1. The third-order valence-corrected chi connectivity index (χ3v) is 8.14. The van der Waals surface area contributed by atoms with Crippen LogP contribution in [0.1, 0.15) is 36.8 Å². The normalized spacial score (nSPS) is 14.2. The molecule has 1 aliphatic rings. The zero-order valence-electron chi connectivity index (χ0n) is 23.3. The van der Waals surface area contributed by atoms with Crippen LogP contribution in [0.2, 0.25) is 5.02 Å². The molecule has 5 rings (SSSR count). The number of piperidine rings is 1. The van der Waals surface area contributed by atoms with Gasteiger partial charge >= 0.3 is 0 Å². The molecule has 208 valence electrons. The molecule has 0 saturated carbocycles. The van der Waals surface area contributed by atoms with E-state index in [2.05, 4.69) is 39.6 Å². The number of rotatable bonds is 9. The molecule has 40 heavy (non-hydrogen) atoms. The zero-order chi connectivity index (χ0) is 28.2. The number of nitrogens with zero attached hydrogens (tertiary/aromatic N) is 3. The maximum atomic E-state index is 11.4. The van der Waals surface area contributed by atoms with E-state index in [9.17, 15) is 4.79 Å². The van der Waals surface area contributed by atoms with Crippen molar-refractivity contribution < 1.29 is 14.3 Å². The van der Waals surface area contributed by atoms with Gasteiger partial charge in [-0.2, -0.15) is 0 Å². The molecule has 0 unspecified atom stereocenters. The van der Waals surface area contributed by atoms with Gasteiger partial charge in [-0.05, 0) is 75.1 Å². The molecule has 2 aromatic heterocycles. The molecule has 8 nitrogen and oxygen atoms in total. The van der Waals surface area contributed by atoms with Gasteiger partial charge in [0.25, 0.3) is 0 Å². The van der Waals surface area contributed by atoms with Crippen LogP contribution in [0.4, 0.5) is 17.2 Å². The standard InChI is InChI=1S/C31H34ClN5O3/c1-5-37-10-8-20(9-11-37)21-6-7-24(25(12-21)35-18-38)36-29-14-23-16-33-26(13-22(23)17-34-29)30-19(2)27(39-3)15-28(40-4)31(30)32/h6-7,12-18,20H,5,8-11H2,1-4H3,(H,34,36)(H,35,38). The van der Waals surface area contributed by atoms with Crippen LogP contribution in [-0.4, -0.2) is 55.1 Å². The van der Waals surface area contributed by atoms with Crippen molar-refractivity contribution in [3.63, 3.8) is 0 Å². The van der Waals surface area contributed by atoms with Gasteiger partial charge in [0, 0.05) is 40.4 Å². The van der Waals surface area contributed by atoms with Crippen LogP contribution >= 0.6 is 11.6 Å². The minimum atomic E-state index is 0.480. The largest absolute Gasteiger partial charge is 0.496 e. The van der Waals surface area contributed by atoms with E-state index < -0.39 is 0 Å². The summed E-state index contributed by atoms with van der Waals surface area (Å²) in [7, 11) is 3.19. The van der Waals surface area contributed by atoms with Crippen LogP contribution in [0.25, 0.3) is 22.0 Å². The molecular weight excluding hydrogens is 526 g/mol. The van der Waals surface area contributed by atoms with Crippen molar-refractivity contribution in [3.05, 3.63) is 64.9 Å². The first-order valence-electron chi connectivity index (χ1n) is 13.5. The molecule has 1 fully saturated rings. The molecule has 4 aromatic rings. The second-order valence-electron chi connectivity index (χ2n) is 9.98. The molecule has 9 heteroatoms. The van der Waals surface area contributed by atoms with Crippen molar-refractivity contribution in [1.82, 2.24) is 14.9 Å². The lowest BCUT2D eigenvalue weighted by Gasteiger charge is -2.31. The van der Waals surface area contributed by atoms with Crippen molar-refractivity contribution in [2.75, 3.05) is 44.5 Å². The molecule has 2 aromatic carbocycles. The summed E-state index contributed by atoms with van der Waals surface area (Å²) in [5.41, 5.74) is 5.10. The smallest absolute Gasteiger partial charge is 0.211 e. The number of carbonyl (C=O) groups excluding carboxylic acids is 1. The number of amides is 1. The first-order chi connectivity index (χ1) is 19.4. The molecule has 1 aliphatic heterocycles. The van der Waals surface area contributed by atoms with Gasteiger partial charge in [0.05, 0.1) is 36.3 Å². The fourth-order valence-electron chi connectivity index (χ4n) is 5.44. The van der Waals surface area contributed by atoms with Gasteiger partial charge in [-0.3, -0.25) is 9.78 Å². The number of carbonyl (C=O) groups is 1. The number of hydrogen-bond acceptors (Lipinski definition) is 7. The number of nitrogens with one attached hydrogen (secondary N) is 2. The number of fused-ring (bicyclic) bond motifs is 1. The SMILES string of the molecule is CCN1CCC(c2ccc(Nc3cc4cnc(-c5c(C)c(OC)cc(OC)c5Cl)cc4cn3)c(NC=O)c2)CC1. The Hall–Kier alpha value is -3.88. The van der Waals surface area contributed by atoms with Crippen molar-refractivity contribution in [2.45, 2.75) is 32.6 Å². The Balaban J connectivity index is 1.42. The molecule has 3 heterocycles. The Morgan fingerprint density at radius 2 is 1.73 bits per heavy atom. The lowest BCUT2D eigenvalue weighted by molar-refractivity contribution is -0.105. The minimum absolute atomic E-state index is 0.480. The lowest BCUT2D eigenvalue weighted by Crippen LogP contribution is -2.32. The van der Waals surface area contributed by atoms with Crippen molar-refractivity contribution in [3.8, 4) is 22.8 Å². The Labute approximate surface area is 239 Å². The Morgan fingerprint density at radius 3 is 2.42 bits per heavy atom. The maximum Gasteiger partial charge on any atom is 0.211 e. The zero-order valence-corrected chi connectivity index (χ0v) is 24.0. The third kappa shape index (κ3) is 5.55. The second-order valence-corrected chi connectivity index (χ2v) is 10.4. The van der Waals surface area contributed by atoms with Gasteiger partial charge in [-0.1, -0.05) is 24.6 Å². The predicted octanol–water partition coefficient (Wildman–Crippen LogP) is 6.79. The van der Waals surface area contributed by atoms with Gasteiger partial charge in [-0.15, -0.1) is 0 Å². The van der Waals surface area contributed by atoms with Crippen molar-refractivity contribution in [1.29, 1.82) is 0 Å². The van der Waals surface area contributed by atoms with Gasteiger partial charge in [0.15, 0.2) is 0 Å². The average Bonchev–Trinajstić information content (AvgIpc) is 2.98. The van der Waals surface area contributed by atoms with E-state index in [4.69, 9.17) is 26.1 Å². The third-order valence-electron chi connectivity index (χ3n) is 7.77. The van der Waals surface area contributed by atoms with E-state index >= 15 is 0 Å². The second kappa shape index (κ2) is 12.1. The Kier molecular flexibility index (Phi) is 8.38. The quantitative estimate of drug-likeness (QED) is 0.218. The van der Waals surface area contributed by atoms with Gasteiger partial charge in [0.2, 0.25) is 6.41 Å². The first kappa shape index (κ1) is 27.7. The summed E-state index contributed by atoms with van der Waals surface area (Å²) in [5, 5.41) is 8.53. The minimum Gasteiger partial charge on any atom is -0.496 e. The molecule has 0 aliphatic carbocycles. The first-order valence-corrected chi connectivity index (χ1v) is 13.8. The van der Waals surface area contributed by atoms with Crippen LogP contribution in [0.3, 0.4) is 0 Å². The van der Waals surface area contributed by atoms with Crippen molar-refractivity contribution >= 4 is 46.0 Å². The number of benzene rings is 2. The van der Waals surface area contributed by atoms with Crippen molar-refractivity contribution in [2.24, 2.45) is 0 Å². The summed E-state index contributed by atoms with van der Waals surface area (Å²) in [6, 6.07) is 11.9. The summed E-state index contributed by atoms with van der Waals surface area (Å²) in [6.45, 7) is 7.45. The molecule has 0 atom stereocenters. The van der Waals surface area contributed by atoms with E-state index in [1.54, 1.807) is 32.7 Å². The van der Waals surface area contributed by atoms with Gasteiger partial charge in [0.1, 0.15) is 17.3 Å². The molecular formula is C31H34ClN5O3. The fourth-order valence-corrected chi connectivity index (χ4v) is 5.81.